The molecule has 0 radical (unpaired) electrons. The largest absolute Gasteiger partial charge is 0.477 e. The van der Waals surface area contributed by atoms with Crippen LogP contribution in [0.5, 0.6) is 11.5 Å². The van der Waals surface area contributed by atoms with E-state index in [1.54, 1.807) is 40.7 Å². The van der Waals surface area contributed by atoms with E-state index in [0.29, 0.717) is 18.4 Å². The molecule has 4 atom stereocenters. The summed E-state index contributed by atoms with van der Waals surface area (Å²) in [5.41, 5.74) is -2.59. The smallest absolute Gasteiger partial charge is 0.364 e. The van der Waals surface area contributed by atoms with Crippen molar-refractivity contribution in [2.45, 2.75) is 107 Å². The number of nitrogens with one attached hydrogen (secondary N) is 1. The normalized spacial score (nSPS) is 15.6. The number of carboxylic acid groups (broad SMARTS) is 1. The molecule has 0 aromatic heterocycles. The Morgan fingerprint density at radius 3 is 1.77 bits per heavy atom. The highest BCUT2D eigenvalue weighted by Gasteiger charge is 2.46. The van der Waals surface area contributed by atoms with Crippen LogP contribution in [-0.2, 0) is 30.3 Å². The molecule has 1 rings (SSSR count). The topological polar surface area (TPSA) is 128 Å². The first-order valence-electron chi connectivity index (χ1n) is 14.2. The molecule has 0 bridgehead atoms. The van der Waals surface area contributed by atoms with Crippen LogP contribution >= 0.6 is 0 Å². The molecule has 0 saturated carbocycles. The first-order chi connectivity index (χ1) is 18.4. The van der Waals surface area contributed by atoms with Gasteiger partial charge in [0.1, 0.15) is 0 Å². The molecule has 226 valence electrons. The molecule has 1 aromatic carbocycles. The molecule has 0 aliphatic rings. The lowest BCUT2D eigenvalue weighted by molar-refractivity contribution is -0.191. The number of ether oxygens (including phenoxy) is 3. The maximum Gasteiger partial charge on any atom is 0.364 e. The van der Waals surface area contributed by atoms with Gasteiger partial charge in [-0.25, -0.2) is 4.79 Å². The molecule has 1 aromatic rings. The lowest BCUT2D eigenvalue weighted by Crippen LogP contribution is -2.60. The van der Waals surface area contributed by atoms with E-state index in [1.165, 1.54) is 12.1 Å². The number of aliphatic carboxylic acids is 1. The minimum atomic E-state index is -2.09. The third kappa shape index (κ3) is 9.32. The lowest BCUT2D eigenvalue weighted by Gasteiger charge is -2.35. The van der Waals surface area contributed by atoms with Gasteiger partial charge in [0.15, 0.2) is 11.5 Å². The highest BCUT2D eigenvalue weighted by Crippen LogP contribution is 2.34. The zero-order valence-corrected chi connectivity index (χ0v) is 26.0. The Morgan fingerprint density at radius 1 is 0.850 bits per heavy atom. The summed E-state index contributed by atoms with van der Waals surface area (Å²) in [7, 11) is 0. The van der Waals surface area contributed by atoms with Crippen LogP contribution in [0, 0.1) is 29.1 Å². The highest BCUT2D eigenvalue weighted by atomic mass is 16.6. The number of carboxylic acids is 1. The van der Waals surface area contributed by atoms with Crippen LogP contribution in [0.1, 0.15) is 94.6 Å². The molecule has 0 saturated heterocycles. The van der Waals surface area contributed by atoms with Crippen LogP contribution < -0.4 is 14.8 Å². The van der Waals surface area contributed by atoms with Crippen molar-refractivity contribution >= 4 is 23.9 Å². The van der Waals surface area contributed by atoms with E-state index in [9.17, 15) is 24.3 Å². The van der Waals surface area contributed by atoms with E-state index in [0.717, 1.165) is 0 Å². The summed E-state index contributed by atoms with van der Waals surface area (Å²) in [5.74, 6) is -3.78. The van der Waals surface area contributed by atoms with E-state index in [-0.39, 0.29) is 35.8 Å². The number of rotatable bonds is 15. The molecule has 40 heavy (non-hydrogen) atoms. The van der Waals surface area contributed by atoms with Gasteiger partial charge in [0.2, 0.25) is 0 Å². The van der Waals surface area contributed by atoms with Crippen LogP contribution in [-0.4, -0.2) is 40.8 Å². The van der Waals surface area contributed by atoms with Crippen molar-refractivity contribution in [2.75, 3.05) is 0 Å². The molecule has 3 unspecified atom stereocenters. The second kappa shape index (κ2) is 14.6. The van der Waals surface area contributed by atoms with Gasteiger partial charge in [-0.2, -0.15) is 0 Å². The van der Waals surface area contributed by atoms with Crippen molar-refractivity contribution in [3.63, 3.8) is 0 Å². The summed E-state index contributed by atoms with van der Waals surface area (Å²) in [5, 5.41) is 13.3. The van der Waals surface area contributed by atoms with Crippen LogP contribution in [0.25, 0.3) is 0 Å². The van der Waals surface area contributed by atoms with Gasteiger partial charge in [-0.15, -0.1) is 0 Å². The van der Waals surface area contributed by atoms with Crippen molar-refractivity contribution in [1.29, 1.82) is 0 Å². The zero-order chi connectivity index (χ0) is 31.0. The summed E-state index contributed by atoms with van der Waals surface area (Å²) in [6, 6.07) is 4.20. The van der Waals surface area contributed by atoms with Crippen molar-refractivity contribution in [2.24, 2.45) is 29.1 Å². The van der Waals surface area contributed by atoms with E-state index in [1.807, 2.05) is 41.5 Å². The molecule has 0 aliphatic carbocycles. The molecule has 0 amide bonds. The van der Waals surface area contributed by atoms with Crippen molar-refractivity contribution < 1.29 is 38.5 Å². The number of carbonyl (C=O) groups excluding carboxylic acids is 3. The summed E-state index contributed by atoms with van der Waals surface area (Å²) >= 11 is 0. The molecule has 0 spiro atoms. The monoisotopic (exact) mass is 563 g/mol. The Bertz CT molecular complexity index is 1050. The highest BCUT2D eigenvalue weighted by molar-refractivity contribution is 5.84. The van der Waals surface area contributed by atoms with Gasteiger partial charge in [0.25, 0.3) is 5.72 Å². The molecule has 0 heterocycles. The van der Waals surface area contributed by atoms with Gasteiger partial charge < -0.3 is 19.3 Å². The Balaban J connectivity index is 3.62. The average Bonchev–Trinajstić information content (AvgIpc) is 2.88. The zero-order valence-electron chi connectivity index (χ0n) is 26.0. The predicted molar refractivity (Wildman–Crippen MR) is 153 cm³/mol. The van der Waals surface area contributed by atoms with Gasteiger partial charge in [0.05, 0.1) is 17.3 Å². The Morgan fingerprint density at radius 2 is 1.35 bits per heavy atom. The molecule has 0 fully saturated rings. The minimum Gasteiger partial charge on any atom is -0.477 e. The van der Waals surface area contributed by atoms with Gasteiger partial charge in [-0.05, 0) is 63.1 Å². The molecular weight excluding hydrogens is 514 g/mol. The Labute approximate surface area is 239 Å². The first kappa shape index (κ1) is 35.1. The maximum absolute atomic E-state index is 13.1. The second-order valence-corrected chi connectivity index (χ2v) is 12.1. The average molecular weight is 564 g/mol. The van der Waals surface area contributed by atoms with Crippen molar-refractivity contribution in [3.8, 4) is 11.5 Å². The quantitative estimate of drug-likeness (QED) is 0.155. The standard InChI is InChI=1S/C31H49NO8/c1-12-20(7)32-31(28(35)36,40-29(37)30(10,11)13-2)17-23-14-15-24(38-26(33)21(8)18(3)4)25(16-23)39-27(34)22(9)19(5)6/h14-16,18-22,32H,12-13,17H2,1-11H3,(H,35,36)/t20?,21?,22?,31-/m0/s1. The Hall–Kier alpha value is -2.94. The van der Waals surface area contributed by atoms with E-state index >= 15 is 0 Å². The number of carbonyl (C=O) groups is 4. The number of benzene rings is 1. The van der Waals surface area contributed by atoms with Gasteiger partial charge in [-0.3, -0.25) is 19.7 Å². The molecule has 0 aliphatic heterocycles. The fourth-order valence-electron chi connectivity index (χ4n) is 3.30. The Kier molecular flexibility index (Phi) is 12.8. The van der Waals surface area contributed by atoms with Crippen molar-refractivity contribution in [1.82, 2.24) is 5.32 Å². The van der Waals surface area contributed by atoms with Gasteiger partial charge >= 0.3 is 23.9 Å². The van der Waals surface area contributed by atoms with Crippen molar-refractivity contribution in [3.05, 3.63) is 23.8 Å². The molecule has 9 heteroatoms. The van der Waals surface area contributed by atoms with Gasteiger partial charge in [0, 0.05) is 12.5 Å². The summed E-state index contributed by atoms with van der Waals surface area (Å²) < 4.78 is 17.0. The van der Waals surface area contributed by atoms with E-state index < -0.39 is 46.9 Å². The fraction of sp³-hybridized carbons (Fsp3) is 0.677. The van der Waals surface area contributed by atoms with E-state index in [2.05, 4.69) is 5.32 Å². The lowest BCUT2D eigenvalue weighted by atomic mass is 9.90. The summed E-state index contributed by atoms with van der Waals surface area (Å²) in [6.07, 6.45) is 0.773. The summed E-state index contributed by atoms with van der Waals surface area (Å²) in [4.78, 5) is 51.4. The second-order valence-electron chi connectivity index (χ2n) is 12.1. The fourth-order valence-corrected chi connectivity index (χ4v) is 3.30. The van der Waals surface area contributed by atoms with Gasteiger partial charge in [-0.1, -0.05) is 61.5 Å². The number of hydrogen-bond donors (Lipinski definition) is 2. The summed E-state index contributed by atoms with van der Waals surface area (Å²) in [6.45, 7) is 20.0. The number of hydrogen-bond acceptors (Lipinski definition) is 8. The number of esters is 3. The van der Waals surface area contributed by atoms with Crippen LogP contribution in [0.15, 0.2) is 18.2 Å². The molecular formula is C31H49NO8. The van der Waals surface area contributed by atoms with Crippen LogP contribution in [0.2, 0.25) is 0 Å². The molecule has 2 N–H and O–H groups in total. The van der Waals surface area contributed by atoms with E-state index in [4.69, 9.17) is 14.2 Å². The third-order valence-corrected chi connectivity index (χ3v) is 7.77. The predicted octanol–water partition coefficient (Wildman–Crippen LogP) is 5.77. The van der Waals surface area contributed by atoms with Crippen LogP contribution in [0.3, 0.4) is 0 Å². The minimum absolute atomic E-state index is 0.00312. The van der Waals surface area contributed by atoms with Crippen LogP contribution in [0.4, 0.5) is 0 Å². The third-order valence-electron chi connectivity index (χ3n) is 7.77. The molecule has 9 nitrogen and oxygen atoms in total. The SMILES string of the molecule is CCC(C)N[C@@](Cc1ccc(OC(=O)C(C)C(C)C)c(OC(=O)C(C)C(C)C)c1)(OC(=O)C(C)(C)CC)C(=O)O. The first-order valence-corrected chi connectivity index (χ1v) is 14.2. The maximum atomic E-state index is 13.1.